The summed E-state index contributed by atoms with van der Waals surface area (Å²) < 4.78 is 4.85. The fourth-order valence-corrected chi connectivity index (χ4v) is 1.05. The summed E-state index contributed by atoms with van der Waals surface area (Å²) in [7, 11) is 1.51. The van der Waals surface area contributed by atoms with Gasteiger partial charge in [-0.25, -0.2) is 9.97 Å². The van der Waals surface area contributed by atoms with E-state index in [2.05, 4.69) is 20.2 Å². The van der Waals surface area contributed by atoms with E-state index in [1.165, 1.54) is 7.11 Å². The first-order valence-corrected chi connectivity index (χ1v) is 4.25. The number of aromatic nitrogens is 4. The van der Waals surface area contributed by atoms with Crippen molar-refractivity contribution in [1.29, 1.82) is 0 Å². The normalized spacial score (nSPS) is 9.93. The van der Waals surface area contributed by atoms with Crippen molar-refractivity contribution < 1.29 is 4.74 Å². The Morgan fingerprint density at radius 2 is 1.87 bits per heavy atom. The van der Waals surface area contributed by atoms with Crippen molar-refractivity contribution >= 4 is 5.82 Å². The van der Waals surface area contributed by atoms with E-state index < -0.39 is 0 Å². The molecule has 2 aromatic rings. The summed E-state index contributed by atoms with van der Waals surface area (Å²) in [5, 5.41) is 7.65. The summed E-state index contributed by atoms with van der Waals surface area (Å²) in [6.45, 7) is 0. The van der Waals surface area contributed by atoms with Crippen molar-refractivity contribution in [3.8, 4) is 17.3 Å². The molecule has 0 bridgehead atoms. The first-order chi connectivity index (χ1) is 7.29. The first kappa shape index (κ1) is 9.32. The molecule has 0 aromatic carbocycles. The van der Waals surface area contributed by atoms with E-state index in [9.17, 15) is 0 Å². The number of nitrogen functional groups attached to an aromatic ring is 1. The topological polar surface area (TPSA) is 86.8 Å². The Kier molecular flexibility index (Phi) is 2.40. The molecule has 76 valence electrons. The average molecular weight is 203 g/mol. The highest BCUT2D eigenvalue weighted by atomic mass is 16.5. The lowest BCUT2D eigenvalue weighted by Gasteiger charge is -2.00. The molecule has 0 amide bonds. The van der Waals surface area contributed by atoms with E-state index in [1.54, 1.807) is 24.5 Å². The summed E-state index contributed by atoms with van der Waals surface area (Å²) in [6, 6.07) is 3.75. The highest BCUT2D eigenvalue weighted by molar-refractivity contribution is 5.56. The summed E-state index contributed by atoms with van der Waals surface area (Å²) in [6.07, 6.45) is 3.23. The van der Waals surface area contributed by atoms with Crippen LogP contribution in [0.2, 0.25) is 0 Å². The van der Waals surface area contributed by atoms with Crippen LogP contribution in [0.15, 0.2) is 24.5 Å². The highest BCUT2D eigenvalue weighted by Gasteiger charge is 2.01. The second kappa shape index (κ2) is 3.87. The van der Waals surface area contributed by atoms with Crippen molar-refractivity contribution in [3.63, 3.8) is 0 Å². The average Bonchev–Trinajstić information content (AvgIpc) is 2.30. The Morgan fingerprint density at radius 1 is 1.13 bits per heavy atom. The van der Waals surface area contributed by atoms with Gasteiger partial charge < -0.3 is 10.5 Å². The molecule has 6 heteroatoms. The molecular weight excluding hydrogens is 194 g/mol. The third-order valence-corrected chi connectivity index (χ3v) is 1.79. The maximum Gasteiger partial charge on any atom is 0.316 e. The molecule has 0 unspecified atom stereocenters. The molecule has 0 fully saturated rings. The van der Waals surface area contributed by atoms with E-state index in [1.807, 2.05) is 0 Å². The zero-order valence-corrected chi connectivity index (χ0v) is 8.08. The third-order valence-electron chi connectivity index (χ3n) is 1.79. The van der Waals surface area contributed by atoms with Crippen LogP contribution in [0.5, 0.6) is 6.01 Å². The number of nitrogens with two attached hydrogens (primary N) is 1. The van der Waals surface area contributed by atoms with Gasteiger partial charge in [0.15, 0.2) is 0 Å². The van der Waals surface area contributed by atoms with Gasteiger partial charge >= 0.3 is 6.01 Å². The van der Waals surface area contributed by atoms with Crippen molar-refractivity contribution in [2.75, 3.05) is 12.8 Å². The van der Waals surface area contributed by atoms with Gasteiger partial charge in [-0.05, 0) is 12.1 Å². The molecule has 6 nitrogen and oxygen atoms in total. The van der Waals surface area contributed by atoms with Gasteiger partial charge in [-0.1, -0.05) is 0 Å². The lowest BCUT2D eigenvalue weighted by atomic mass is 10.2. The number of anilines is 1. The Bertz CT molecular complexity index is 439. The maximum absolute atomic E-state index is 5.43. The molecular formula is C9H9N5O. The molecule has 2 rings (SSSR count). The van der Waals surface area contributed by atoms with Crippen LogP contribution < -0.4 is 10.5 Å². The predicted molar refractivity (Wildman–Crippen MR) is 54.0 cm³/mol. The lowest BCUT2D eigenvalue weighted by Crippen LogP contribution is -1.95. The van der Waals surface area contributed by atoms with Crippen LogP contribution in [0.1, 0.15) is 0 Å². The van der Waals surface area contributed by atoms with Crippen LogP contribution in [0.4, 0.5) is 5.82 Å². The van der Waals surface area contributed by atoms with Gasteiger partial charge in [0.1, 0.15) is 5.82 Å². The quantitative estimate of drug-likeness (QED) is 0.765. The summed E-state index contributed by atoms with van der Waals surface area (Å²) >= 11 is 0. The molecule has 0 aliphatic carbocycles. The molecule has 2 heterocycles. The van der Waals surface area contributed by atoms with Crippen LogP contribution in [-0.4, -0.2) is 27.3 Å². The Labute approximate surface area is 86.2 Å². The van der Waals surface area contributed by atoms with Gasteiger partial charge in [0.05, 0.1) is 12.8 Å². The number of rotatable bonds is 2. The van der Waals surface area contributed by atoms with Crippen molar-refractivity contribution in [2.24, 2.45) is 0 Å². The van der Waals surface area contributed by atoms with Crippen LogP contribution in [0.25, 0.3) is 11.3 Å². The smallest absolute Gasteiger partial charge is 0.316 e. The van der Waals surface area contributed by atoms with E-state index in [0.717, 1.165) is 5.56 Å². The van der Waals surface area contributed by atoms with Gasteiger partial charge in [0.2, 0.25) is 0 Å². The fraction of sp³-hybridized carbons (Fsp3) is 0.111. The van der Waals surface area contributed by atoms with E-state index >= 15 is 0 Å². The maximum atomic E-state index is 5.43. The standard InChI is InChI=1S/C9H9N5O/c1-15-9-11-4-6(5-12-9)7-2-3-8(10)14-13-7/h2-5H,1H3,(H2,10,14). The number of ether oxygens (including phenoxy) is 1. The minimum Gasteiger partial charge on any atom is -0.467 e. The first-order valence-electron chi connectivity index (χ1n) is 4.25. The molecule has 0 aliphatic rings. The van der Waals surface area contributed by atoms with Crippen LogP contribution >= 0.6 is 0 Å². The van der Waals surface area contributed by atoms with Gasteiger partial charge in [-0.3, -0.25) is 0 Å². The van der Waals surface area contributed by atoms with Crippen molar-refractivity contribution in [1.82, 2.24) is 20.2 Å². The zero-order chi connectivity index (χ0) is 10.7. The second-order valence-electron chi connectivity index (χ2n) is 2.80. The van der Waals surface area contributed by atoms with E-state index in [0.29, 0.717) is 17.5 Å². The van der Waals surface area contributed by atoms with Gasteiger partial charge in [-0.15, -0.1) is 10.2 Å². The zero-order valence-electron chi connectivity index (χ0n) is 8.08. The van der Waals surface area contributed by atoms with Gasteiger partial charge in [0.25, 0.3) is 0 Å². The fourth-order valence-electron chi connectivity index (χ4n) is 1.05. The molecule has 15 heavy (non-hydrogen) atoms. The molecule has 2 aromatic heterocycles. The van der Waals surface area contributed by atoms with Gasteiger partial charge in [0, 0.05) is 18.0 Å². The van der Waals surface area contributed by atoms with Crippen molar-refractivity contribution in [2.45, 2.75) is 0 Å². The van der Waals surface area contributed by atoms with Crippen LogP contribution in [0.3, 0.4) is 0 Å². The SMILES string of the molecule is COc1ncc(-c2ccc(N)nn2)cn1. The van der Waals surface area contributed by atoms with Crippen LogP contribution in [-0.2, 0) is 0 Å². The minimum atomic E-state index is 0.321. The van der Waals surface area contributed by atoms with E-state index in [-0.39, 0.29) is 0 Å². The van der Waals surface area contributed by atoms with Crippen molar-refractivity contribution in [3.05, 3.63) is 24.5 Å². The lowest BCUT2D eigenvalue weighted by molar-refractivity contribution is 0.380. The Morgan fingerprint density at radius 3 is 2.40 bits per heavy atom. The summed E-state index contributed by atoms with van der Waals surface area (Å²) in [5.41, 5.74) is 6.87. The molecule has 0 spiro atoms. The summed E-state index contributed by atoms with van der Waals surface area (Å²) in [5.74, 6) is 0.383. The Balaban J connectivity index is 2.33. The predicted octanol–water partition coefficient (Wildman–Crippen LogP) is 0.524. The number of methoxy groups -OCH3 is 1. The minimum absolute atomic E-state index is 0.321. The molecule has 0 saturated carbocycles. The number of hydrogen-bond acceptors (Lipinski definition) is 6. The van der Waals surface area contributed by atoms with E-state index in [4.69, 9.17) is 10.5 Å². The monoisotopic (exact) mass is 203 g/mol. The Hall–Kier alpha value is -2.24. The number of nitrogens with zero attached hydrogens (tertiary/aromatic N) is 4. The molecule has 0 radical (unpaired) electrons. The molecule has 0 aliphatic heterocycles. The van der Waals surface area contributed by atoms with Crippen LogP contribution in [0, 0.1) is 0 Å². The third kappa shape index (κ3) is 1.98. The molecule has 2 N–H and O–H groups in total. The molecule has 0 atom stereocenters. The van der Waals surface area contributed by atoms with Gasteiger partial charge in [-0.2, -0.15) is 0 Å². The molecule has 0 saturated heterocycles. The second-order valence-corrected chi connectivity index (χ2v) is 2.80. The summed E-state index contributed by atoms with van der Waals surface area (Å²) in [4.78, 5) is 7.93. The highest BCUT2D eigenvalue weighted by Crippen LogP contribution is 2.15. The number of hydrogen-bond donors (Lipinski definition) is 1. The largest absolute Gasteiger partial charge is 0.467 e.